The van der Waals surface area contributed by atoms with Crippen molar-refractivity contribution >= 4 is 36.0 Å². The molecule has 1 aliphatic heterocycles. The van der Waals surface area contributed by atoms with Gasteiger partial charge in [-0.15, -0.1) is 24.0 Å². The van der Waals surface area contributed by atoms with Crippen molar-refractivity contribution in [2.24, 2.45) is 4.99 Å². The SMILES string of the molecule is CN=C(NCc1ccco1)N1CCC(=Cc2ccccc2)CC1.I. The molecule has 3 rings (SSSR count). The predicted molar refractivity (Wildman–Crippen MR) is 110 cm³/mol. The summed E-state index contributed by atoms with van der Waals surface area (Å²) in [5.74, 6) is 1.87. The van der Waals surface area contributed by atoms with E-state index in [4.69, 9.17) is 4.42 Å². The largest absolute Gasteiger partial charge is 0.467 e. The van der Waals surface area contributed by atoms with E-state index < -0.39 is 0 Å². The average Bonchev–Trinajstić information content (AvgIpc) is 3.11. The minimum absolute atomic E-state index is 0. The van der Waals surface area contributed by atoms with E-state index >= 15 is 0 Å². The first-order chi connectivity index (χ1) is 11.3. The number of furan rings is 1. The molecule has 0 aliphatic carbocycles. The van der Waals surface area contributed by atoms with Gasteiger partial charge in [0.25, 0.3) is 0 Å². The van der Waals surface area contributed by atoms with Crippen LogP contribution in [0.3, 0.4) is 0 Å². The second kappa shape index (κ2) is 9.52. The van der Waals surface area contributed by atoms with Crippen LogP contribution in [0.25, 0.3) is 6.08 Å². The van der Waals surface area contributed by atoms with Gasteiger partial charge in [-0.05, 0) is 30.5 Å². The number of guanidine groups is 1. The van der Waals surface area contributed by atoms with Gasteiger partial charge in [-0.1, -0.05) is 42.0 Å². The minimum atomic E-state index is 0. The summed E-state index contributed by atoms with van der Waals surface area (Å²) in [6.45, 7) is 2.66. The van der Waals surface area contributed by atoms with Gasteiger partial charge in [0, 0.05) is 20.1 Å². The van der Waals surface area contributed by atoms with E-state index in [2.05, 4.69) is 51.6 Å². The molecule has 4 nitrogen and oxygen atoms in total. The monoisotopic (exact) mass is 437 g/mol. The van der Waals surface area contributed by atoms with Gasteiger partial charge in [-0.2, -0.15) is 0 Å². The van der Waals surface area contributed by atoms with Crippen molar-refractivity contribution in [1.29, 1.82) is 0 Å². The van der Waals surface area contributed by atoms with Crippen LogP contribution in [0.1, 0.15) is 24.2 Å². The number of hydrogen-bond donors (Lipinski definition) is 1. The van der Waals surface area contributed by atoms with Crippen LogP contribution in [0.4, 0.5) is 0 Å². The van der Waals surface area contributed by atoms with Crippen LogP contribution in [-0.4, -0.2) is 31.0 Å². The maximum Gasteiger partial charge on any atom is 0.194 e. The zero-order valence-electron chi connectivity index (χ0n) is 13.9. The Balaban J connectivity index is 0.00000208. The number of likely N-dealkylation sites (tertiary alicyclic amines) is 1. The number of halogens is 1. The third-order valence-corrected chi connectivity index (χ3v) is 4.09. The standard InChI is InChI=1S/C19H23N3O.HI/c1-20-19(21-15-18-8-5-13-23-18)22-11-9-17(10-12-22)14-16-6-3-2-4-7-16;/h2-8,13-14H,9-12,15H2,1H3,(H,20,21);1H. The van der Waals surface area contributed by atoms with E-state index in [1.54, 1.807) is 6.26 Å². The molecule has 0 spiro atoms. The van der Waals surface area contributed by atoms with Gasteiger partial charge in [0.2, 0.25) is 0 Å². The van der Waals surface area contributed by atoms with Gasteiger partial charge in [0.05, 0.1) is 12.8 Å². The number of rotatable bonds is 3. The van der Waals surface area contributed by atoms with Crippen molar-refractivity contribution in [3.05, 3.63) is 65.6 Å². The highest BCUT2D eigenvalue weighted by Crippen LogP contribution is 2.19. The third kappa shape index (κ3) is 5.12. The number of hydrogen-bond acceptors (Lipinski definition) is 2. The molecule has 0 radical (unpaired) electrons. The maximum atomic E-state index is 5.35. The number of nitrogens with zero attached hydrogens (tertiary/aromatic N) is 2. The van der Waals surface area contributed by atoms with Crippen molar-refractivity contribution in [3.63, 3.8) is 0 Å². The summed E-state index contributed by atoms with van der Waals surface area (Å²) in [5, 5.41) is 3.37. The predicted octanol–water partition coefficient (Wildman–Crippen LogP) is 4.15. The van der Waals surface area contributed by atoms with Gasteiger partial charge in [0.15, 0.2) is 5.96 Å². The maximum absolute atomic E-state index is 5.35. The fourth-order valence-electron chi connectivity index (χ4n) is 2.85. The normalized spacial score (nSPS) is 15.0. The lowest BCUT2D eigenvalue weighted by Gasteiger charge is -2.31. The van der Waals surface area contributed by atoms with Gasteiger partial charge < -0.3 is 14.6 Å². The molecule has 0 saturated carbocycles. The Bertz CT molecular complexity index is 655. The Labute approximate surface area is 160 Å². The number of benzene rings is 1. The van der Waals surface area contributed by atoms with Crippen LogP contribution in [0.5, 0.6) is 0 Å². The van der Waals surface area contributed by atoms with E-state index in [9.17, 15) is 0 Å². The molecule has 2 heterocycles. The van der Waals surface area contributed by atoms with E-state index in [-0.39, 0.29) is 24.0 Å². The Hall–Kier alpha value is -1.76. The summed E-state index contributed by atoms with van der Waals surface area (Å²) >= 11 is 0. The van der Waals surface area contributed by atoms with Gasteiger partial charge in [0.1, 0.15) is 5.76 Å². The second-order valence-corrected chi connectivity index (χ2v) is 5.68. The molecule has 0 atom stereocenters. The first-order valence-electron chi connectivity index (χ1n) is 8.07. The lowest BCUT2D eigenvalue weighted by molar-refractivity contribution is 0.372. The quantitative estimate of drug-likeness (QED) is 0.446. The topological polar surface area (TPSA) is 40.8 Å². The Kier molecular flexibility index (Phi) is 7.36. The van der Waals surface area contributed by atoms with Crippen molar-refractivity contribution in [2.45, 2.75) is 19.4 Å². The highest BCUT2D eigenvalue weighted by Gasteiger charge is 2.17. The third-order valence-electron chi connectivity index (χ3n) is 4.09. The van der Waals surface area contributed by atoms with E-state index in [0.717, 1.165) is 37.7 Å². The summed E-state index contributed by atoms with van der Waals surface area (Å²) in [5.41, 5.74) is 2.80. The van der Waals surface area contributed by atoms with Crippen LogP contribution in [0, 0.1) is 0 Å². The Morgan fingerprint density at radius 1 is 1.17 bits per heavy atom. The second-order valence-electron chi connectivity index (χ2n) is 5.68. The fraction of sp³-hybridized carbons (Fsp3) is 0.316. The zero-order chi connectivity index (χ0) is 15.9. The molecule has 1 saturated heterocycles. The molecule has 1 N–H and O–H groups in total. The zero-order valence-corrected chi connectivity index (χ0v) is 16.3. The minimum Gasteiger partial charge on any atom is -0.467 e. The molecule has 2 aromatic rings. The summed E-state index contributed by atoms with van der Waals surface area (Å²) in [6.07, 6.45) is 6.17. The van der Waals surface area contributed by atoms with E-state index in [1.165, 1.54) is 11.1 Å². The Morgan fingerprint density at radius 3 is 2.54 bits per heavy atom. The van der Waals surface area contributed by atoms with Crippen LogP contribution < -0.4 is 5.32 Å². The molecule has 1 aromatic heterocycles. The molecule has 1 aliphatic rings. The molecule has 5 heteroatoms. The Morgan fingerprint density at radius 2 is 1.92 bits per heavy atom. The smallest absolute Gasteiger partial charge is 0.194 e. The van der Waals surface area contributed by atoms with Crippen molar-refractivity contribution in [3.8, 4) is 0 Å². The fourth-order valence-corrected chi connectivity index (χ4v) is 2.85. The van der Waals surface area contributed by atoms with Gasteiger partial charge >= 0.3 is 0 Å². The molecule has 0 unspecified atom stereocenters. The molecule has 128 valence electrons. The van der Waals surface area contributed by atoms with Crippen molar-refractivity contribution in [2.75, 3.05) is 20.1 Å². The molecular weight excluding hydrogens is 413 g/mol. The lowest BCUT2D eigenvalue weighted by Crippen LogP contribution is -2.44. The molecule has 0 amide bonds. The summed E-state index contributed by atoms with van der Waals surface area (Å²) < 4.78 is 5.35. The van der Waals surface area contributed by atoms with Crippen molar-refractivity contribution in [1.82, 2.24) is 10.2 Å². The number of piperidine rings is 1. The number of aliphatic imine (C=N–C) groups is 1. The van der Waals surface area contributed by atoms with E-state index in [0.29, 0.717) is 6.54 Å². The van der Waals surface area contributed by atoms with Gasteiger partial charge in [-0.25, -0.2) is 0 Å². The average molecular weight is 437 g/mol. The lowest BCUT2D eigenvalue weighted by atomic mass is 10.0. The van der Waals surface area contributed by atoms with Crippen LogP contribution in [-0.2, 0) is 6.54 Å². The first kappa shape index (κ1) is 18.6. The van der Waals surface area contributed by atoms with Gasteiger partial charge in [-0.3, -0.25) is 4.99 Å². The van der Waals surface area contributed by atoms with Crippen LogP contribution >= 0.6 is 24.0 Å². The molecular formula is C19H24IN3O. The highest BCUT2D eigenvalue weighted by atomic mass is 127. The summed E-state index contributed by atoms with van der Waals surface area (Å²) in [7, 11) is 1.83. The molecule has 0 bridgehead atoms. The van der Waals surface area contributed by atoms with Crippen molar-refractivity contribution < 1.29 is 4.42 Å². The molecule has 1 fully saturated rings. The highest BCUT2D eigenvalue weighted by molar-refractivity contribution is 14.0. The summed E-state index contributed by atoms with van der Waals surface area (Å²) in [4.78, 5) is 6.70. The van der Waals surface area contributed by atoms with Crippen LogP contribution in [0.2, 0.25) is 0 Å². The molecule has 24 heavy (non-hydrogen) atoms. The van der Waals surface area contributed by atoms with E-state index in [1.807, 2.05) is 19.2 Å². The number of nitrogens with one attached hydrogen (secondary N) is 1. The first-order valence-corrected chi connectivity index (χ1v) is 8.07. The van der Waals surface area contributed by atoms with Crippen LogP contribution in [0.15, 0.2) is 63.7 Å². The summed E-state index contributed by atoms with van der Waals surface area (Å²) in [6, 6.07) is 14.4. The molecule has 1 aromatic carbocycles.